The fourth-order valence-electron chi connectivity index (χ4n) is 3.68. The zero-order valence-electron chi connectivity index (χ0n) is 18.1. The molecule has 164 valence electrons. The van der Waals surface area contributed by atoms with Crippen molar-refractivity contribution in [1.82, 2.24) is 19.7 Å². The van der Waals surface area contributed by atoms with Gasteiger partial charge < -0.3 is 0 Å². The Morgan fingerprint density at radius 2 is 1.85 bits per heavy atom. The van der Waals surface area contributed by atoms with E-state index < -0.39 is 0 Å². The normalized spacial score (nSPS) is 11.1. The van der Waals surface area contributed by atoms with E-state index in [2.05, 4.69) is 10.1 Å². The topological polar surface area (TPSA) is 63.9 Å². The van der Waals surface area contributed by atoms with Gasteiger partial charge in [0.15, 0.2) is 5.13 Å². The van der Waals surface area contributed by atoms with E-state index in [0.717, 1.165) is 32.9 Å². The molecular weight excluding hydrogens is 454 g/mol. The lowest BCUT2D eigenvalue weighted by molar-refractivity contribution is 0.0984. The van der Waals surface area contributed by atoms with Crippen LogP contribution in [0.15, 0.2) is 73.1 Å². The van der Waals surface area contributed by atoms with Crippen molar-refractivity contribution in [2.45, 2.75) is 20.4 Å². The van der Waals surface area contributed by atoms with Gasteiger partial charge in [-0.25, -0.2) is 9.67 Å². The Bertz CT molecular complexity index is 1410. The standard InChI is InChI=1S/C25H20ClN5OS/c1-16-11-12-21(26)23-22(16)29-25(33-23)30(15-18-8-6-7-13-27-18)24(32)20-14-28-31(17(20)2)19-9-4-3-5-10-19/h3-14H,15H2,1-2H3. The minimum atomic E-state index is -0.187. The van der Waals surface area contributed by atoms with E-state index in [1.807, 2.05) is 74.5 Å². The van der Waals surface area contributed by atoms with Crippen LogP contribution in [0.25, 0.3) is 15.9 Å². The van der Waals surface area contributed by atoms with E-state index in [-0.39, 0.29) is 12.5 Å². The molecule has 0 aliphatic heterocycles. The number of anilines is 1. The number of carbonyl (C=O) groups excluding carboxylic acids is 1. The number of rotatable bonds is 5. The number of aryl methyl sites for hydroxylation is 1. The molecule has 0 radical (unpaired) electrons. The van der Waals surface area contributed by atoms with Crippen LogP contribution in [0.3, 0.4) is 0 Å². The van der Waals surface area contributed by atoms with Crippen LogP contribution in [0.1, 0.15) is 27.3 Å². The molecule has 3 aromatic heterocycles. The predicted octanol–water partition coefficient (Wildman–Crippen LogP) is 5.99. The summed E-state index contributed by atoms with van der Waals surface area (Å²) in [4.78, 5) is 24.7. The number of nitrogens with zero attached hydrogens (tertiary/aromatic N) is 5. The Morgan fingerprint density at radius 1 is 1.06 bits per heavy atom. The summed E-state index contributed by atoms with van der Waals surface area (Å²) in [6, 6.07) is 19.2. The van der Waals surface area contributed by atoms with Gasteiger partial charge >= 0.3 is 0 Å². The van der Waals surface area contributed by atoms with E-state index in [0.29, 0.717) is 15.7 Å². The molecular formula is C25H20ClN5OS. The van der Waals surface area contributed by atoms with Crippen LogP contribution in [-0.4, -0.2) is 25.7 Å². The SMILES string of the molecule is Cc1ccc(Cl)c2sc(N(Cc3ccccn3)C(=O)c3cnn(-c4ccccc4)c3C)nc12. The maximum Gasteiger partial charge on any atom is 0.263 e. The van der Waals surface area contributed by atoms with Gasteiger partial charge in [0, 0.05) is 6.20 Å². The van der Waals surface area contributed by atoms with Crippen LogP contribution in [0.2, 0.25) is 5.02 Å². The smallest absolute Gasteiger partial charge is 0.263 e. The second kappa shape index (κ2) is 8.77. The maximum atomic E-state index is 13.8. The first-order valence-corrected chi connectivity index (χ1v) is 11.6. The van der Waals surface area contributed by atoms with Crippen molar-refractivity contribution >= 4 is 44.2 Å². The summed E-state index contributed by atoms with van der Waals surface area (Å²) in [5.41, 5.74) is 4.74. The van der Waals surface area contributed by atoms with Gasteiger partial charge in [-0.3, -0.25) is 14.7 Å². The summed E-state index contributed by atoms with van der Waals surface area (Å²) in [7, 11) is 0. The van der Waals surface area contributed by atoms with Crippen LogP contribution >= 0.6 is 22.9 Å². The first-order valence-electron chi connectivity index (χ1n) is 10.4. The number of hydrogen-bond acceptors (Lipinski definition) is 5. The fraction of sp³-hybridized carbons (Fsp3) is 0.120. The second-order valence-electron chi connectivity index (χ2n) is 7.64. The number of para-hydroxylation sites is 1. The predicted molar refractivity (Wildman–Crippen MR) is 132 cm³/mol. The van der Waals surface area contributed by atoms with Crippen molar-refractivity contribution in [2.24, 2.45) is 0 Å². The second-order valence-corrected chi connectivity index (χ2v) is 9.03. The molecule has 8 heteroatoms. The molecule has 0 unspecified atom stereocenters. The lowest BCUT2D eigenvalue weighted by Gasteiger charge is -2.19. The van der Waals surface area contributed by atoms with E-state index in [4.69, 9.17) is 16.6 Å². The molecule has 33 heavy (non-hydrogen) atoms. The Balaban J connectivity index is 1.60. The van der Waals surface area contributed by atoms with Crippen LogP contribution in [0.5, 0.6) is 0 Å². The lowest BCUT2D eigenvalue weighted by Crippen LogP contribution is -2.31. The van der Waals surface area contributed by atoms with Crippen LogP contribution < -0.4 is 4.90 Å². The molecule has 0 N–H and O–H groups in total. The quantitative estimate of drug-likeness (QED) is 0.314. The van der Waals surface area contributed by atoms with Gasteiger partial charge in [-0.2, -0.15) is 5.10 Å². The number of fused-ring (bicyclic) bond motifs is 1. The molecule has 0 atom stereocenters. The molecule has 0 aliphatic carbocycles. The highest BCUT2D eigenvalue weighted by atomic mass is 35.5. The van der Waals surface area contributed by atoms with E-state index in [1.54, 1.807) is 22.0 Å². The highest BCUT2D eigenvalue weighted by Gasteiger charge is 2.26. The highest BCUT2D eigenvalue weighted by molar-refractivity contribution is 7.23. The fourth-order valence-corrected chi connectivity index (χ4v) is 4.99. The summed E-state index contributed by atoms with van der Waals surface area (Å²) >= 11 is 7.85. The molecule has 0 spiro atoms. The first kappa shape index (κ1) is 21.3. The Labute approximate surface area is 200 Å². The molecule has 3 heterocycles. The van der Waals surface area contributed by atoms with Crippen molar-refractivity contribution in [3.63, 3.8) is 0 Å². The van der Waals surface area contributed by atoms with Crippen LogP contribution in [0, 0.1) is 13.8 Å². The first-order chi connectivity index (χ1) is 16.0. The Hall–Kier alpha value is -3.55. The van der Waals surface area contributed by atoms with Gasteiger partial charge in [0.25, 0.3) is 5.91 Å². The molecule has 1 amide bonds. The zero-order chi connectivity index (χ0) is 22.9. The molecule has 0 saturated carbocycles. The summed E-state index contributed by atoms with van der Waals surface area (Å²) in [6.07, 6.45) is 3.33. The molecule has 0 fully saturated rings. The molecule has 5 aromatic rings. The average Bonchev–Trinajstić information content (AvgIpc) is 3.46. The largest absolute Gasteiger partial charge is 0.278 e. The van der Waals surface area contributed by atoms with Crippen molar-refractivity contribution in [1.29, 1.82) is 0 Å². The Morgan fingerprint density at radius 3 is 2.58 bits per heavy atom. The third-order valence-electron chi connectivity index (χ3n) is 5.45. The molecule has 0 aliphatic rings. The number of pyridine rings is 1. The minimum absolute atomic E-state index is 0.187. The summed E-state index contributed by atoms with van der Waals surface area (Å²) in [5, 5.41) is 5.67. The van der Waals surface area contributed by atoms with Gasteiger partial charge in [0.2, 0.25) is 0 Å². The number of hydrogen-bond donors (Lipinski definition) is 0. The zero-order valence-corrected chi connectivity index (χ0v) is 19.6. The van der Waals surface area contributed by atoms with Gasteiger partial charge in [-0.15, -0.1) is 0 Å². The maximum absolute atomic E-state index is 13.8. The van der Waals surface area contributed by atoms with E-state index in [1.165, 1.54) is 11.3 Å². The highest BCUT2D eigenvalue weighted by Crippen LogP contribution is 2.36. The molecule has 0 saturated heterocycles. The van der Waals surface area contributed by atoms with E-state index >= 15 is 0 Å². The average molecular weight is 474 g/mol. The number of halogens is 1. The molecule has 6 nitrogen and oxygen atoms in total. The van der Waals surface area contributed by atoms with Gasteiger partial charge in [0.05, 0.1) is 50.6 Å². The summed E-state index contributed by atoms with van der Waals surface area (Å²) in [6.45, 7) is 4.17. The third-order valence-corrected chi connectivity index (χ3v) is 6.99. The van der Waals surface area contributed by atoms with Crippen molar-refractivity contribution in [3.8, 4) is 5.69 Å². The number of carbonyl (C=O) groups is 1. The van der Waals surface area contributed by atoms with Gasteiger partial charge in [-0.1, -0.05) is 53.3 Å². The van der Waals surface area contributed by atoms with Crippen molar-refractivity contribution in [3.05, 3.63) is 101 Å². The summed E-state index contributed by atoms with van der Waals surface area (Å²) < 4.78 is 2.63. The minimum Gasteiger partial charge on any atom is -0.278 e. The third kappa shape index (κ3) is 4.01. The number of aromatic nitrogens is 4. The number of benzene rings is 2. The van der Waals surface area contributed by atoms with Gasteiger partial charge in [-0.05, 0) is 49.7 Å². The van der Waals surface area contributed by atoms with Crippen LogP contribution in [0.4, 0.5) is 5.13 Å². The monoisotopic (exact) mass is 473 g/mol. The number of thiazole rings is 1. The lowest BCUT2D eigenvalue weighted by atomic mass is 10.2. The van der Waals surface area contributed by atoms with Crippen molar-refractivity contribution in [2.75, 3.05) is 4.90 Å². The summed E-state index contributed by atoms with van der Waals surface area (Å²) in [5.74, 6) is -0.187. The molecule has 5 rings (SSSR count). The van der Waals surface area contributed by atoms with Crippen LogP contribution in [-0.2, 0) is 6.54 Å². The van der Waals surface area contributed by atoms with E-state index in [9.17, 15) is 4.79 Å². The van der Waals surface area contributed by atoms with Crippen molar-refractivity contribution < 1.29 is 4.79 Å². The van der Waals surface area contributed by atoms with Gasteiger partial charge in [0.1, 0.15) is 0 Å². The number of amides is 1. The molecule has 2 aromatic carbocycles. The Kier molecular flexibility index (Phi) is 5.66. The molecule has 0 bridgehead atoms.